The quantitative estimate of drug-likeness (QED) is 0.543. The molecule has 3 aromatic carbocycles. The van der Waals surface area contributed by atoms with Gasteiger partial charge in [-0.2, -0.15) is 9.37 Å². The van der Waals surface area contributed by atoms with Crippen molar-refractivity contribution in [1.29, 1.82) is 0 Å². The van der Waals surface area contributed by atoms with Gasteiger partial charge in [0, 0.05) is 16.5 Å². The molecule has 0 aliphatic carbocycles. The van der Waals surface area contributed by atoms with E-state index in [1.165, 1.54) is 17.8 Å². The summed E-state index contributed by atoms with van der Waals surface area (Å²) in [7, 11) is 0. The van der Waals surface area contributed by atoms with E-state index in [0.29, 0.717) is 17.8 Å². The number of benzene rings is 3. The Morgan fingerprint density at radius 2 is 1.71 bits per heavy atom. The van der Waals surface area contributed by atoms with Crippen molar-refractivity contribution in [1.82, 2.24) is 0 Å². The Morgan fingerprint density at radius 1 is 0.968 bits per heavy atom. The molecule has 31 heavy (non-hydrogen) atoms. The van der Waals surface area contributed by atoms with Crippen molar-refractivity contribution in [2.24, 2.45) is 0 Å². The van der Waals surface area contributed by atoms with Crippen LogP contribution in [0.15, 0.2) is 71.6 Å². The number of halogens is 1. The van der Waals surface area contributed by atoms with Crippen LogP contribution in [-0.4, -0.2) is 27.5 Å². The van der Waals surface area contributed by atoms with Crippen molar-refractivity contribution in [2.75, 3.05) is 4.90 Å². The summed E-state index contributed by atoms with van der Waals surface area (Å²) in [6.07, 6.45) is 0. The lowest BCUT2D eigenvalue weighted by Crippen LogP contribution is -2.55. The summed E-state index contributed by atoms with van der Waals surface area (Å²) in [5, 5.41) is -0.552. The monoisotopic (exact) mass is 431 g/mol. The minimum Gasteiger partial charge on any atom is -0.244 e. The number of aryl methyl sites for hydroxylation is 2. The number of urea groups is 1. The van der Waals surface area contributed by atoms with Gasteiger partial charge in [-0.1, -0.05) is 42.5 Å². The summed E-state index contributed by atoms with van der Waals surface area (Å²) in [4.78, 5) is 29.2. The predicted octanol–water partition coefficient (Wildman–Crippen LogP) is 5.09. The molecule has 154 valence electrons. The molecule has 0 radical (unpaired) electrons. The Labute approximate surface area is 184 Å². The van der Waals surface area contributed by atoms with Gasteiger partial charge in [0.05, 0.1) is 0 Å². The van der Waals surface area contributed by atoms with E-state index in [9.17, 15) is 14.0 Å². The van der Waals surface area contributed by atoms with Crippen LogP contribution in [0.3, 0.4) is 0 Å². The lowest BCUT2D eigenvalue weighted by Gasteiger charge is -2.25. The van der Waals surface area contributed by atoms with Crippen LogP contribution >= 0.6 is 11.8 Å². The smallest absolute Gasteiger partial charge is 0.244 e. The van der Waals surface area contributed by atoms with Crippen LogP contribution in [0.4, 0.5) is 14.9 Å². The summed E-state index contributed by atoms with van der Waals surface area (Å²) in [5.74, 6) is -0.786. The van der Waals surface area contributed by atoms with Crippen molar-refractivity contribution >= 4 is 35.1 Å². The summed E-state index contributed by atoms with van der Waals surface area (Å²) in [6.45, 7) is 3.99. The summed E-state index contributed by atoms with van der Waals surface area (Å²) in [6, 6.07) is 19.6. The van der Waals surface area contributed by atoms with E-state index in [1.807, 2.05) is 55.5 Å². The number of nitrogens with zero attached hydrogens (tertiary/aromatic N) is 2. The maximum absolute atomic E-state index is 14.3. The number of carbonyl (C=O) groups excluding carboxylic acids is 2. The van der Waals surface area contributed by atoms with Gasteiger partial charge in [0.1, 0.15) is 23.8 Å². The van der Waals surface area contributed by atoms with Gasteiger partial charge in [0.2, 0.25) is 0 Å². The Hall–Kier alpha value is -3.25. The van der Waals surface area contributed by atoms with Gasteiger partial charge in [-0.25, -0.2) is 9.18 Å². The van der Waals surface area contributed by atoms with Crippen molar-refractivity contribution in [3.8, 4) is 0 Å². The highest BCUT2D eigenvalue weighted by atomic mass is 32.2. The van der Waals surface area contributed by atoms with Crippen LogP contribution in [0, 0.1) is 19.7 Å². The third-order valence-corrected chi connectivity index (χ3v) is 7.09. The van der Waals surface area contributed by atoms with Gasteiger partial charge in [-0.05, 0) is 48.7 Å². The molecule has 0 N–H and O–H groups in total. The SMILES string of the molecule is Cc1ccc(N2C(=O)C3Sc4ccccc4C3=[N+](Cc3ccccc3C)C2=O)cc1F. The number of hydrogen-bond acceptors (Lipinski definition) is 3. The maximum Gasteiger partial charge on any atom is 0.506 e. The van der Waals surface area contributed by atoms with Crippen molar-refractivity contribution in [2.45, 2.75) is 30.5 Å². The van der Waals surface area contributed by atoms with E-state index in [0.717, 1.165) is 26.5 Å². The minimum absolute atomic E-state index is 0.253. The highest BCUT2D eigenvalue weighted by molar-refractivity contribution is 8.02. The highest BCUT2D eigenvalue weighted by Crippen LogP contribution is 2.41. The van der Waals surface area contributed by atoms with Crippen molar-refractivity contribution in [3.05, 3.63) is 94.8 Å². The van der Waals surface area contributed by atoms with Crippen LogP contribution in [0.25, 0.3) is 0 Å². The molecule has 5 rings (SSSR count). The zero-order valence-corrected chi connectivity index (χ0v) is 17.9. The zero-order chi connectivity index (χ0) is 21.7. The molecule has 1 unspecified atom stereocenters. The number of carbonyl (C=O) groups is 2. The molecule has 2 aliphatic rings. The van der Waals surface area contributed by atoms with Gasteiger partial charge in [-0.3, -0.25) is 0 Å². The number of amides is 3. The van der Waals surface area contributed by atoms with E-state index in [-0.39, 0.29) is 11.6 Å². The molecule has 0 fully saturated rings. The fraction of sp³-hybridized carbons (Fsp3) is 0.160. The molecule has 2 heterocycles. The largest absolute Gasteiger partial charge is 0.506 e. The van der Waals surface area contributed by atoms with Crippen molar-refractivity contribution in [3.63, 3.8) is 0 Å². The summed E-state index contributed by atoms with van der Waals surface area (Å²) < 4.78 is 16.0. The summed E-state index contributed by atoms with van der Waals surface area (Å²) >= 11 is 1.44. The molecule has 0 aromatic heterocycles. The normalized spacial score (nSPS) is 17.8. The van der Waals surface area contributed by atoms with Gasteiger partial charge < -0.3 is 0 Å². The number of fused-ring (bicyclic) bond motifs is 3. The predicted molar refractivity (Wildman–Crippen MR) is 119 cm³/mol. The number of imide groups is 1. The fourth-order valence-corrected chi connectivity index (χ4v) is 5.35. The van der Waals surface area contributed by atoms with Gasteiger partial charge >= 0.3 is 11.9 Å². The topological polar surface area (TPSA) is 40.4 Å². The number of anilines is 1. The Kier molecular flexibility index (Phi) is 4.74. The number of rotatable bonds is 3. The van der Waals surface area contributed by atoms with Crippen molar-refractivity contribution < 1.29 is 18.6 Å². The first-order valence-corrected chi connectivity index (χ1v) is 10.9. The first-order valence-electron chi connectivity index (χ1n) is 10.0. The second-order valence-electron chi connectivity index (χ2n) is 7.78. The van der Waals surface area contributed by atoms with E-state index < -0.39 is 17.1 Å². The third kappa shape index (κ3) is 3.18. The van der Waals surface area contributed by atoms with E-state index in [2.05, 4.69) is 0 Å². The average Bonchev–Trinajstić information content (AvgIpc) is 3.15. The first kappa shape index (κ1) is 19.7. The Morgan fingerprint density at radius 3 is 2.48 bits per heavy atom. The lowest BCUT2D eigenvalue weighted by atomic mass is 10.0. The first-order chi connectivity index (χ1) is 15.0. The standard InChI is InChI=1S/C25H20FN2O2S/c1-15-7-3-4-8-17(15)14-27-22-19-9-5-6-10-21(19)31-23(22)24(29)28(25(27)30)18-12-11-16(2)20(26)13-18/h3-13,23H,14H2,1-2H3/q+1. The van der Waals surface area contributed by atoms with E-state index in [1.54, 1.807) is 23.6 Å². The number of hydrogen-bond donors (Lipinski definition) is 0. The second kappa shape index (κ2) is 7.46. The van der Waals surface area contributed by atoms with E-state index >= 15 is 0 Å². The molecule has 3 aromatic rings. The van der Waals surface area contributed by atoms with Crippen LogP contribution in [-0.2, 0) is 11.3 Å². The molecule has 1 atom stereocenters. The van der Waals surface area contributed by atoms with Crippen LogP contribution in [0.1, 0.15) is 22.3 Å². The van der Waals surface area contributed by atoms with Crippen LogP contribution in [0.5, 0.6) is 0 Å². The number of thioether (sulfide) groups is 1. The average molecular weight is 432 g/mol. The van der Waals surface area contributed by atoms with Gasteiger partial charge in [0.25, 0.3) is 0 Å². The molecule has 6 heteroatoms. The minimum atomic E-state index is -0.552. The fourth-order valence-electron chi connectivity index (χ4n) is 4.06. The molecule has 0 saturated carbocycles. The van der Waals surface area contributed by atoms with E-state index in [4.69, 9.17) is 0 Å². The molecule has 0 saturated heterocycles. The molecule has 4 nitrogen and oxygen atoms in total. The van der Waals surface area contributed by atoms with Crippen LogP contribution in [0.2, 0.25) is 0 Å². The van der Waals surface area contributed by atoms with Gasteiger partial charge in [0.15, 0.2) is 5.25 Å². The molecule has 3 amide bonds. The Balaban J connectivity index is 1.69. The Bertz CT molecular complexity index is 1280. The molecule has 0 spiro atoms. The van der Waals surface area contributed by atoms with Gasteiger partial charge in [-0.15, -0.1) is 16.7 Å². The third-order valence-electron chi connectivity index (χ3n) is 5.82. The molecule has 0 bridgehead atoms. The highest BCUT2D eigenvalue weighted by Gasteiger charge is 2.53. The molecule has 2 aliphatic heterocycles. The zero-order valence-electron chi connectivity index (χ0n) is 17.1. The molecular formula is C25H20FN2O2S+. The lowest BCUT2D eigenvalue weighted by molar-refractivity contribution is -0.444. The second-order valence-corrected chi connectivity index (χ2v) is 8.93. The van der Waals surface area contributed by atoms with Crippen LogP contribution < -0.4 is 4.90 Å². The molecular weight excluding hydrogens is 411 g/mol. The summed E-state index contributed by atoms with van der Waals surface area (Å²) in [5.41, 5.74) is 4.40. The maximum atomic E-state index is 14.3.